The predicted molar refractivity (Wildman–Crippen MR) is 187 cm³/mol. The lowest BCUT2D eigenvalue weighted by molar-refractivity contribution is 0.285. The van der Waals surface area contributed by atoms with Crippen molar-refractivity contribution in [3.63, 3.8) is 0 Å². The highest BCUT2D eigenvalue weighted by Gasteiger charge is 2.34. The van der Waals surface area contributed by atoms with E-state index in [0.717, 1.165) is 85.4 Å². The summed E-state index contributed by atoms with van der Waals surface area (Å²) < 4.78 is 0. The molecule has 0 aliphatic carbocycles. The van der Waals surface area contributed by atoms with Gasteiger partial charge in [-0.05, 0) is 86.4 Å². The number of hydrogen-bond acceptors (Lipinski definition) is 6. The van der Waals surface area contributed by atoms with Crippen molar-refractivity contribution in [1.29, 1.82) is 0 Å². The Hall–Kier alpha value is -1.06. The fourth-order valence-electron chi connectivity index (χ4n) is 4.37. The summed E-state index contributed by atoms with van der Waals surface area (Å²) in [5, 5.41) is 15.7. The molecule has 0 spiro atoms. The van der Waals surface area contributed by atoms with E-state index in [4.69, 9.17) is 73.3 Å². The minimum atomic E-state index is 0.0258. The summed E-state index contributed by atoms with van der Waals surface area (Å²) in [5.74, 6) is 0. The molecule has 4 N–H and O–H groups in total. The molecule has 2 saturated heterocycles. The molecule has 0 bridgehead atoms. The molecule has 0 aromatic heterocycles. The highest BCUT2D eigenvalue weighted by atomic mass is 32.1. The van der Waals surface area contributed by atoms with Crippen LogP contribution in [0.2, 0.25) is 0 Å². The van der Waals surface area contributed by atoms with Crippen LogP contribution in [0, 0.1) is 10.8 Å². The van der Waals surface area contributed by atoms with Gasteiger partial charge < -0.3 is 40.9 Å². The average molecular weight is 649 g/mol. The van der Waals surface area contributed by atoms with Gasteiger partial charge in [0.05, 0.1) is 19.8 Å². The van der Waals surface area contributed by atoms with Gasteiger partial charge in [0.15, 0.2) is 20.4 Å². The first-order valence-corrected chi connectivity index (χ1v) is 15.9. The van der Waals surface area contributed by atoms with Crippen molar-refractivity contribution in [3.05, 3.63) is 0 Å². The summed E-state index contributed by atoms with van der Waals surface area (Å²) in [7, 11) is 0. The number of likely N-dealkylation sites (N-methyl/N-ethyl adjacent to an activating group) is 2. The third-order valence-corrected chi connectivity index (χ3v) is 9.10. The number of rotatable bonds is 14. The minimum absolute atomic E-state index is 0.0258. The zero-order chi connectivity index (χ0) is 29.4. The molecular formula is C25H44N8S6. The molecule has 2 aliphatic rings. The van der Waals surface area contributed by atoms with Gasteiger partial charge in [-0.2, -0.15) is 0 Å². The summed E-state index contributed by atoms with van der Waals surface area (Å²) in [6.07, 6.45) is 1.85. The predicted octanol–water partition coefficient (Wildman–Crippen LogP) is 3.20. The lowest BCUT2D eigenvalue weighted by Gasteiger charge is -2.31. The first-order valence-electron chi connectivity index (χ1n) is 13.4. The van der Waals surface area contributed by atoms with Crippen LogP contribution >= 0.6 is 73.3 Å². The summed E-state index contributed by atoms with van der Waals surface area (Å²) >= 11 is 33.2. The van der Waals surface area contributed by atoms with Crippen molar-refractivity contribution >= 4 is 104 Å². The second-order valence-electron chi connectivity index (χ2n) is 11.4. The molecule has 0 aromatic carbocycles. The standard InChI is InChI=1S/C25H44N8S6/c1-7-30-13-18(34)32(22(30)38)15-24(3,4)9-11-26-20(36)28-17-29-21(37)27-12-10-25(5,6)16-33-19(35)14-31(8-2)23(33)39/h7-17H2,1-6H3,(H2,26,28,36)(H2,27,29,37). The van der Waals surface area contributed by atoms with Gasteiger partial charge in [-0.1, -0.05) is 52.1 Å². The Morgan fingerprint density at radius 1 is 0.667 bits per heavy atom. The van der Waals surface area contributed by atoms with Gasteiger partial charge in [0.1, 0.15) is 9.98 Å². The summed E-state index contributed by atoms with van der Waals surface area (Å²) in [6.45, 7) is 19.9. The number of thiocarbonyl (C=S) groups is 6. The normalized spacial score (nSPS) is 16.4. The van der Waals surface area contributed by atoms with Crippen LogP contribution in [0.25, 0.3) is 0 Å². The summed E-state index contributed by atoms with van der Waals surface area (Å²) in [4.78, 5) is 10.3. The molecule has 0 atom stereocenters. The molecule has 0 amide bonds. The van der Waals surface area contributed by atoms with Gasteiger partial charge in [0, 0.05) is 39.3 Å². The molecule has 2 fully saturated rings. The van der Waals surface area contributed by atoms with Gasteiger partial charge >= 0.3 is 0 Å². The smallest absolute Gasteiger partial charge is 0.176 e. The SMILES string of the molecule is CCN1CC(=S)N(CC(C)(C)CCNC(=S)NCNC(=S)NCCC(C)(C)CN2C(=S)CN(CC)C2=S)C1=S. The Kier molecular flexibility index (Phi) is 13.3. The Morgan fingerprint density at radius 2 is 1.03 bits per heavy atom. The van der Waals surface area contributed by atoms with Gasteiger partial charge in [-0.25, -0.2) is 0 Å². The Bertz CT molecular complexity index is 879. The van der Waals surface area contributed by atoms with E-state index in [0.29, 0.717) is 16.9 Å². The van der Waals surface area contributed by atoms with Crippen molar-refractivity contribution in [3.8, 4) is 0 Å². The molecule has 2 aliphatic heterocycles. The third kappa shape index (κ3) is 10.7. The maximum atomic E-state index is 5.60. The average Bonchev–Trinajstić information content (AvgIpc) is 3.27. The third-order valence-electron chi connectivity index (χ3n) is 6.87. The molecule has 2 heterocycles. The second-order valence-corrected chi connectivity index (χ2v) is 13.9. The monoisotopic (exact) mass is 648 g/mol. The molecule has 39 heavy (non-hydrogen) atoms. The maximum Gasteiger partial charge on any atom is 0.176 e. The first kappa shape index (κ1) is 34.1. The number of hydrogen-bond donors (Lipinski definition) is 4. The van der Waals surface area contributed by atoms with E-state index in [1.54, 1.807) is 0 Å². The van der Waals surface area contributed by atoms with E-state index >= 15 is 0 Å². The minimum Gasteiger partial charge on any atom is -0.363 e. The van der Waals surface area contributed by atoms with Crippen LogP contribution in [-0.4, -0.2) is 109 Å². The fraction of sp³-hybridized carbons (Fsp3) is 0.760. The van der Waals surface area contributed by atoms with Gasteiger partial charge in [-0.3, -0.25) is 0 Å². The van der Waals surface area contributed by atoms with Crippen LogP contribution in [-0.2, 0) is 0 Å². The summed E-state index contributed by atoms with van der Waals surface area (Å²) in [6, 6.07) is 0. The van der Waals surface area contributed by atoms with Crippen molar-refractivity contribution in [2.75, 3.05) is 59.0 Å². The van der Waals surface area contributed by atoms with Crippen molar-refractivity contribution in [1.82, 2.24) is 40.9 Å². The van der Waals surface area contributed by atoms with Crippen molar-refractivity contribution in [2.45, 2.75) is 54.4 Å². The van der Waals surface area contributed by atoms with Gasteiger partial charge in [-0.15, -0.1) is 0 Å². The molecule has 8 nitrogen and oxygen atoms in total. The lowest BCUT2D eigenvalue weighted by Crippen LogP contribution is -2.47. The quantitative estimate of drug-likeness (QED) is 0.165. The molecule has 0 radical (unpaired) electrons. The van der Waals surface area contributed by atoms with Crippen LogP contribution in [0.5, 0.6) is 0 Å². The zero-order valence-corrected chi connectivity index (χ0v) is 28.9. The molecule has 14 heteroatoms. The van der Waals surface area contributed by atoms with Crippen LogP contribution < -0.4 is 21.3 Å². The van der Waals surface area contributed by atoms with E-state index in [9.17, 15) is 0 Å². The highest BCUT2D eigenvalue weighted by molar-refractivity contribution is 7.82. The molecule has 0 unspecified atom stereocenters. The topological polar surface area (TPSA) is 61.1 Å². The largest absolute Gasteiger partial charge is 0.363 e. The van der Waals surface area contributed by atoms with Crippen LogP contribution in [0.3, 0.4) is 0 Å². The molecule has 0 saturated carbocycles. The van der Waals surface area contributed by atoms with Crippen molar-refractivity contribution in [2.24, 2.45) is 10.8 Å². The molecule has 2 rings (SSSR count). The van der Waals surface area contributed by atoms with Gasteiger partial charge in [0.25, 0.3) is 0 Å². The Balaban J connectivity index is 1.60. The Labute approximate surface area is 267 Å². The van der Waals surface area contributed by atoms with Crippen LogP contribution in [0.4, 0.5) is 0 Å². The fourth-order valence-corrected chi connectivity index (χ4v) is 6.18. The van der Waals surface area contributed by atoms with Crippen LogP contribution in [0.1, 0.15) is 54.4 Å². The van der Waals surface area contributed by atoms with E-state index < -0.39 is 0 Å². The highest BCUT2D eigenvalue weighted by Crippen LogP contribution is 2.26. The zero-order valence-electron chi connectivity index (χ0n) is 24.0. The van der Waals surface area contributed by atoms with E-state index in [-0.39, 0.29) is 10.8 Å². The van der Waals surface area contributed by atoms with E-state index in [1.165, 1.54) is 0 Å². The molecule has 0 aromatic rings. The van der Waals surface area contributed by atoms with Gasteiger partial charge in [0.2, 0.25) is 0 Å². The second kappa shape index (κ2) is 15.2. The first-order chi connectivity index (χ1) is 18.2. The Morgan fingerprint density at radius 3 is 1.33 bits per heavy atom. The van der Waals surface area contributed by atoms with E-state index in [1.807, 2.05) is 0 Å². The number of nitrogens with zero attached hydrogens (tertiary/aromatic N) is 4. The summed E-state index contributed by atoms with van der Waals surface area (Å²) in [5.41, 5.74) is 0.0516. The molecular weight excluding hydrogens is 605 g/mol. The van der Waals surface area contributed by atoms with Crippen LogP contribution in [0.15, 0.2) is 0 Å². The molecule has 220 valence electrons. The maximum absolute atomic E-state index is 5.60. The lowest BCUT2D eigenvalue weighted by atomic mass is 9.88. The number of nitrogens with one attached hydrogen (secondary N) is 4. The van der Waals surface area contributed by atoms with Crippen molar-refractivity contribution < 1.29 is 0 Å². The van der Waals surface area contributed by atoms with E-state index in [2.05, 4.69) is 82.4 Å².